The summed E-state index contributed by atoms with van der Waals surface area (Å²) < 4.78 is 0. The summed E-state index contributed by atoms with van der Waals surface area (Å²) >= 11 is 0. The fourth-order valence-electron chi connectivity index (χ4n) is 6.12. The Kier molecular flexibility index (Phi) is 9.54. The molecule has 146 valence electrons. The molecule has 25 heavy (non-hydrogen) atoms. The zero-order valence-corrected chi connectivity index (χ0v) is 19.4. The van der Waals surface area contributed by atoms with Gasteiger partial charge in [-0.15, -0.1) is 0 Å². The minimum absolute atomic E-state index is 0. The summed E-state index contributed by atoms with van der Waals surface area (Å²) in [6, 6.07) is 0. The van der Waals surface area contributed by atoms with Crippen LogP contribution < -0.4 is 0 Å². The van der Waals surface area contributed by atoms with Gasteiger partial charge in [0.25, 0.3) is 0 Å². The first-order valence-electron chi connectivity index (χ1n) is 11.1. The van der Waals surface area contributed by atoms with Crippen molar-refractivity contribution in [1.82, 2.24) is 0 Å². The second-order valence-corrected chi connectivity index (χ2v) is 13.4. The molecule has 0 radical (unpaired) electrons. The van der Waals surface area contributed by atoms with E-state index < -0.39 is 6.89 Å². The van der Waals surface area contributed by atoms with Gasteiger partial charge in [0.1, 0.15) is 0 Å². The number of hydrogen-bond donors (Lipinski definition) is 0. The molecule has 0 aromatic carbocycles. The first kappa shape index (κ1) is 22.0. The molecule has 0 atom stereocenters. The predicted molar refractivity (Wildman–Crippen MR) is 113 cm³/mol. The average molecular weight is 450 g/mol. The molecule has 0 spiro atoms. The van der Waals surface area contributed by atoms with Gasteiger partial charge in [-0.2, -0.15) is 0 Å². The summed E-state index contributed by atoms with van der Waals surface area (Å²) in [5.41, 5.74) is 4.80. The summed E-state index contributed by atoms with van der Waals surface area (Å²) in [6.45, 7) is 3.65. The van der Waals surface area contributed by atoms with Gasteiger partial charge in [0.05, 0.1) is 0 Å². The standard InChI is InChI=1S/C23H41P.Ru/c1-20(2)18-19-24(21-12-6-3-7-13-21,22-14-8-4-9-15-22)23-16-10-5-11-17-23;/h18-19,21-23H,3-17H2,1-2H3;. The first-order valence-corrected chi connectivity index (χ1v) is 13.2. The number of allylic oxidation sites excluding steroid dienone is 2. The maximum atomic E-state index is 2.91. The van der Waals surface area contributed by atoms with E-state index in [2.05, 4.69) is 25.7 Å². The second-order valence-electron chi connectivity index (χ2n) is 9.16. The van der Waals surface area contributed by atoms with Crippen molar-refractivity contribution in [3.8, 4) is 0 Å². The van der Waals surface area contributed by atoms with E-state index in [1.54, 1.807) is 38.5 Å². The van der Waals surface area contributed by atoms with Crippen LogP contribution in [0.2, 0.25) is 0 Å². The monoisotopic (exact) mass is 450 g/mol. The van der Waals surface area contributed by atoms with Crippen LogP contribution in [-0.2, 0) is 19.5 Å². The molecular formula is C23H41PRu. The molecule has 0 aliphatic heterocycles. The Bertz CT molecular complexity index is 404. The second kappa shape index (κ2) is 10.9. The molecule has 0 unspecified atom stereocenters. The van der Waals surface area contributed by atoms with Crippen molar-refractivity contribution in [3.05, 3.63) is 11.6 Å². The van der Waals surface area contributed by atoms with Gasteiger partial charge >= 0.3 is 0 Å². The molecule has 3 rings (SSSR count). The largest absolute Gasteiger partial charge is 0.0960 e. The Labute approximate surface area is 170 Å². The molecule has 3 aliphatic rings. The minimum atomic E-state index is -0.978. The molecule has 0 nitrogen and oxygen atoms in total. The van der Waals surface area contributed by atoms with Crippen molar-refractivity contribution in [2.75, 3.05) is 0 Å². The average Bonchev–Trinajstić information content (AvgIpc) is 2.65. The molecule has 3 aliphatic carbocycles. The fraction of sp³-hybridized carbons (Fsp3) is 0.870. The summed E-state index contributed by atoms with van der Waals surface area (Å²) in [7, 11) is 0. The van der Waals surface area contributed by atoms with Gasteiger partial charge < -0.3 is 0 Å². The van der Waals surface area contributed by atoms with E-state index in [1.807, 2.05) is 0 Å². The van der Waals surface area contributed by atoms with Crippen molar-refractivity contribution in [3.63, 3.8) is 0 Å². The third-order valence-corrected chi connectivity index (χ3v) is 13.3. The molecule has 0 heterocycles. The Morgan fingerprint density at radius 3 is 1.20 bits per heavy atom. The molecule has 3 fully saturated rings. The van der Waals surface area contributed by atoms with E-state index >= 15 is 0 Å². The van der Waals surface area contributed by atoms with Gasteiger partial charge in [0, 0.05) is 19.5 Å². The van der Waals surface area contributed by atoms with Crippen molar-refractivity contribution in [2.45, 2.75) is 127 Å². The smallest absolute Gasteiger partial charge is 0 e. The Hall–Kier alpha value is 0.663. The maximum Gasteiger partial charge on any atom is 0 e. The van der Waals surface area contributed by atoms with Crippen molar-refractivity contribution in [2.24, 2.45) is 0 Å². The quantitative estimate of drug-likeness (QED) is 0.304. The third-order valence-electron chi connectivity index (χ3n) is 7.29. The Morgan fingerprint density at radius 2 is 0.920 bits per heavy atom. The van der Waals surface area contributed by atoms with E-state index in [0.717, 1.165) is 17.0 Å². The normalized spacial score (nSPS) is 24.4. The van der Waals surface area contributed by atoms with Gasteiger partial charge in [0.2, 0.25) is 0 Å². The van der Waals surface area contributed by atoms with Gasteiger partial charge in [-0.3, -0.25) is 0 Å². The topological polar surface area (TPSA) is 0 Å². The van der Waals surface area contributed by atoms with Crippen LogP contribution >= 0.6 is 6.89 Å². The summed E-state index contributed by atoms with van der Waals surface area (Å²) in [4.78, 5) is 0. The molecule has 2 heteroatoms. The van der Waals surface area contributed by atoms with Crippen LogP contribution in [0.15, 0.2) is 11.6 Å². The molecule has 0 amide bonds. The van der Waals surface area contributed by atoms with Gasteiger partial charge in [-0.1, -0.05) is 82.1 Å². The Balaban J connectivity index is 0.00000225. The van der Waals surface area contributed by atoms with Crippen molar-refractivity contribution in [1.29, 1.82) is 0 Å². The Morgan fingerprint density at radius 1 is 0.600 bits per heavy atom. The van der Waals surface area contributed by atoms with Crippen LogP contribution in [0.5, 0.6) is 0 Å². The van der Waals surface area contributed by atoms with Crippen LogP contribution in [0.4, 0.5) is 0 Å². The molecule has 0 aromatic heterocycles. The van der Waals surface area contributed by atoms with Gasteiger partial charge in [-0.05, 0) is 69.3 Å². The number of hydrogen-bond acceptors (Lipinski definition) is 0. The van der Waals surface area contributed by atoms with Crippen LogP contribution in [0.25, 0.3) is 0 Å². The molecule has 3 saturated carbocycles. The van der Waals surface area contributed by atoms with Crippen LogP contribution in [0, 0.1) is 0 Å². The zero-order valence-electron chi connectivity index (χ0n) is 16.8. The zero-order chi connectivity index (χ0) is 16.8. The molecular weight excluding hydrogens is 408 g/mol. The summed E-state index contributed by atoms with van der Waals surface area (Å²) in [5, 5.41) is 0. The van der Waals surface area contributed by atoms with E-state index in [-0.39, 0.29) is 19.5 Å². The van der Waals surface area contributed by atoms with Crippen molar-refractivity contribution < 1.29 is 19.5 Å². The van der Waals surface area contributed by atoms with E-state index in [4.69, 9.17) is 0 Å². The van der Waals surface area contributed by atoms with Crippen LogP contribution in [-0.4, -0.2) is 22.8 Å². The molecule has 0 bridgehead atoms. The van der Waals surface area contributed by atoms with E-state index in [1.165, 1.54) is 63.4 Å². The summed E-state index contributed by atoms with van der Waals surface area (Å²) in [5.74, 6) is 2.91. The number of rotatable bonds is 4. The van der Waals surface area contributed by atoms with Crippen LogP contribution in [0.1, 0.15) is 110 Å². The van der Waals surface area contributed by atoms with Crippen molar-refractivity contribution >= 4 is 12.7 Å². The minimum Gasteiger partial charge on any atom is -0.0960 e. The molecule has 0 N–H and O–H groups in total. The predicted octanol–water partition coefficient (Wildman–Crippen LogP) is 7.77. The van der Waals surface area contributed by atoms with Gasteiger partial charge in [-0.25, -0.2) is 0 Å². The van der Waals surface area contributed by atoms with E-state index in [0.29, 0.717) is 0 Å². The fourth-order valence-corrected chi connectivity index (χ4v) is 13.0. The van der Waals surface area contributed by atoms with Crippen LogP contribution in [0.3, 0.4) is 0 Å². The maximum absolute atomic E-state index is 2.91. The molecule has 0 aromatic rings. The summed E-state index contributed by atoms with van der Waals surface area (Å²) in [6.07, 6.45) is 25.6. The first-order chi connectivity index (χ1) is 11.7. The van der Waals surface area contributed by atoms with E-state index in [9.17, 15) is 0 Å². The SMILES string of the molecule is CC(C)=CC=P(C1CCCCC1)(C1CCCCC1)C1CCCCC1.[Ru]. The third kappa shape index (κ3) is 5.35. The van der Waals surface area contributed by atoms with Gasteiger partial charge in [0.15, 0.2) is 0 Å². The molecule has 0 saturated heterocycles.